The zero-order valence-electron chi connectivity index (χ0n) is 16.6. The van der Waals surface area contributed by atoms with Gasteiger partial charge in [0.2, 0.25) is 0 Å². The lowest BCUT2D eigenvalue weighted by Gasteiger charge is -2.40. The molecule has 5 heteroatoms. The van der Waals surface area contributed by atoms with Gasteiger partial charge in [0.15, 0.2) is 23.0 Å². The molecule has 5 nitrogen and oxygen atoms in total. The molecule has 0 spiro atoms. The monoisotopic (exact) mass is 369 g/mol. The predicted octanol–water partition coefficient (Wildman–Crippen LogP) is 3.95. The number of phenols is 1. The smallest absolute Gasteiger partial charge is 0.168 e. The van der Waals surface area contributed by atoms with Crippen LogP contribution in [0.15, 0.2) is 18.2 Å². The largest absolute Gasteiger partial charge is 0.504 e. The van der Waals surface area contributed by atoms with Crippen LogP contribution in [0.2, 0.25) is 0 Å². The number of aromatic hydroxyl groups is 1. The molecule has 1 unspecified atom stereocenters. The molecule has 4 rings (SSSR count). The highest BCUT2D eigenvalue weighted by molar-refractivity contribution is 5.84. The fourth-order valence-electron chi connectivity index (χ4n) is 4.43. The van der Waals surface area contributed by atoms with E-state index in [1.54, 1.807) is 14.2 Å². The molecule has 1 heterocycles. The van der Waals surface area contributed by atoms with Crippen molar-refractivity contribution in [3.8, 4) is 34.1 Å². The number of hydrogen-bond acceptors (Lipinski definition) is 5. The van der Waals surface area contributed by atoms with Crippen molar-refractivity contribution in [3.05, 3.63) is 34.9 Å². The van der Waals surface area contributed by atoms with Gasteiger partial charge in [0, 0.05) is 18.2 Å². The third kappa shape index (κ3) is 2.81. The summed E-state index contributed by atoms with van der Waals surface area (Å²) in [5.74, 6) is 2.19. The Morgan fingerprint density at radius 2 is 1.85 bits per heavy atom. The Labute approximate surface area is 160 Å². The molecule has 0 radical (unpaired) electrons. The first-order valence-electron chi connectivity index (χ1n) is 9.45. The number of nitrogens with zero attached hydrogens (tertiary/aromatic N) is 1. The number of likely N-dealkylation sites (N-methyl/N-ethyl adjacent to an activating group) is 1. The Bertz CT molecular complexity index is 891. The number of phenolic OH excluding ortho intramolecular Hbond substituents is 1. The first-order chi connectivity index (χ1) is 12.9. The van der Waals surface area contributed by atoms with Crippen molar-refractivity contribution in [1.29, 1.82) is 0 Å². The maximum Gasteiger partial charge on any atom is 0.168 e. The van der Waals surface area contributed by atoms with Crippen LogP contribution in [0.25, 0.3) is 11.1 Å². The summed E-state index contributed by atoms with van der Waals surface area (Å²) in [6, 6.07) is 6.25. The topological polar surface area (TPSA) is 51.2 Å². The zero-order chi connectivity index (χ0) is 19.3. The summed E-state index contributed by atoms with van der Waals surface area (Å²) < 4.78 is 17.2. The molecule has 0 aromatic heterocycles. The van der Waals surface area contributed by atoms with Gasteiger partial charge in [-0.15, -0.1) is 0 Å². The van der Waals surface area contributed by atoms with Crippen LogP contribution in [0.4, 0.5) is 0 Å². The lowest BCUT2D eigenvalue weighted by molar-refractivity contribution is 0.222. The van der Waals surface area contributed by atoms with Gasteiger partial charge in [0.1, 0.15) is 0 Å². The van der Waals surface area contributed by atoms with Gasteiger partial charge in [0.25, 0.3) is 0 Å². The van der Waals surface area contributed by atoms with Crippen molar-refractivity contribution >= 4 is 0 Å². The van der Waals surface area contributed by atoms with Crippen LogP contribution in [0, 0.1) is 0 Å². The molecular weight excluding hydrogens is 342 g/mol. The van der Waals surface area contributed by atoms with E-state index in [9.17, 15) is 5.11 Å². The van der Waals surface area contributed by atoms with Crippen LogP contribution in [-0.4, -0.2) is 43.9 Å². The lowest BCUT2D eigenvalue weighted by atomic mass is 9.76. The van der Waals surface area contributed by atoms with Gasteiger partial charge in [-0.05, 0) is 74.2 Å². The maximum atomic E-state index is 10.6. The van der Waals surface area contributed by atoms with E-state index >= 15 is 0 Å². The summed E-state index contributed by atoms with van der Waals surface area (Å²) in [4.78, 5) is 2.39. The minimum absolute atomic E-state index is 0.0652. The normalized spacial score (nSPS) is 18.1. The molecule has 2 aromatic carbocycles. The van der Waals surface area contributed by atoms with Crippen molar-refractivity contribution in [2.24, 2.45) is 0 Å². The maximum absolute atomic E-state index is 10.6. The van der Waals surface area contributed by atoms with Crippen LogP contribution in [0.1, 0.15) is 36.6 Å². The third-order valence-electron chi connectivity index (χ3n) is 5.62. The van der Waals surface area contributed by atoms with Crippen molar-refractivity contribution < 1.29 is 19.3 Å². The molecule has 0 saturated carbocycles. The summed E-state index contributed by atoms with van der Waals surface area (Å²) in [5.41, 5.74) is 5.70. The van der Waals surface area contributed by atoms with Gasteiger partial charge >= 0.3 is 0 Å². The lowest BCUT2D eigenvalue weighted by Crippen LogP contribution is -2.35. The second-order valence-corrected chi connectivity index (χ2v) is 7.65. The number of methoxy groups -OCH3 is 2. The average molecular weight is 369 g/mol. The highest BCUT2D eigenvalue weighted by Crippen LogP contribution is 2.53. The van der Waals surface area contributed by atoms with Crippen LogP contribution < -0.4 is 14.2 Å². The SMILES string of the molecule is COc1cc2c(cc1OC(C)C)CC1c3c(cc(O)c(OC)c3-2)CCN1C. The van der Waals surface area contributed by atoms with Crippen LogP contribution in [0.3, 0.4) is 0 Å². The van der Waals surface area contributed by atoms with Gasteiger partial charge in [0.05, 0.1) is 20.3 Å². The van der Waals surface area contributed by atoms with E-state index in [0.717, 1.165) is 36.3 Å². The van der Waals surface area contributed by atoms with E-state index in [1.807, 2.05) is 26.0 Å². The average Bonchev–Trinajstić information content (AvgIpc) is 2.63. The Morgan fingerprint density at radius 3 is 2.52 bits per heavy atom. The summed E-state index contributed by atoms with van der Waals surface area (Å²) in [7, 11) is 5.43. The molecule has 0 fully saturated rings. The van der Waals surface area contributed by atoms with Gasteiger partial charge in [-0.25, -0.2) is 0 Å². The molecule has 1 aliphatic carbocycles. The molecule has 2 aliphatic rings. The standard InChI is InChI=1S/C22H27NO4/c1-12(2)27-19-10-14-8-16-20-13(6-7-23(16)3)9-17(24)22(26-5)21(20)15(14)11-18(19)25-4/h9-12,16,24H,6-8H2,1-5H3. The fourth-order valence-corrected chi connectivity index (χ4v) is 4.43. The third-order valence-corrected chi connectivity index (χ3v) is 5.62. The second kappa shape index (κ2) is 6.64. The van der Waals surface area contributed by atoms with Crippen molar-refractivity contribution in [1.82, 2.24) is 4.90 Å². The first kappa shape index (κ1) is 18.0. The quantitative estimate of drug-likeness (QED) is 0.884. The fraction of sp³-hybridized carbons (Fsp3) is 0.455. The first-order valence-corrected chi connectivity index (χ1v) is 9.45. The Balaban J connectivity index is 2.00. The summed E-state index contributed by atoms with van der Waals surface area (Å²) in [6.07, 6.45) is 1.89. The van der Waals surface area contributed by atoms with E-state index in [0.29, 0.717) is 11.5 Å². The van der Waals surface area contributed by atoms with Crippen LogP contribution in [-0.2, 0) is 12.8 Å². The Kier molecular flexibility index (Phi) is 4.42. The molecule has 27 heavy (non-hydrogen) atoms. The number of rotatable bonds is 4. The van der Waals surface area contributed by atoms with E-state index in [-0.39, 0.29) is 17.9 Å². The molecular formula is C22H27NO4. The highest BCUT2D eigenvalue weighted by atomic mass is 16.5. The van der Waals surface area contributed by atoms with Gasteiger partial charge in [-0.2, -0.15) is 0 Å². The van der Waals surface area contributed by atoms with Crippen LogP contribution in [0.5, 0.6) is 23.0 Å². The molecule has 0 saturated heterocycles. The van der Waals surface area contributed by atoms with Gasteiger partial charge in [-0.3, -0.25) is 4.90 Å². The van der Waals surface area contributed by atoms with E-state index in [2.05, 4.69) is 18.0 Å². The minimum Gasteiger partial charge on any atom is -0.504 e. The highest BCUT2D eigenvalue weighted by Gasteiger charge is 2.36. The van der Waals surface area contributed by atoms with E-state index < -0.39 is 0 Å². The summed E-state index contributed by atoms with van der Waals surface area (Å²) in [6.45, 7) is 5.00. The zero-order valence-corrected chi connectivity index (χ0v) is 16.6. The number of hydrogen-bond donors (Lipinski definition) is 1. The van der Waals surface area contributed by atoms with E-state index in [4.69, 9.17) is 14.2 Å². The molecule has 1 atom stereocenters. The van der Waals surface area contributed by atoms with Crippen molar-refractivity contribution in [3.63, 3.8) is 0 Å². The molecule has 1 aliphatic heterocycles. The molecule has 144 valence electrons. The molecule has 2 aromatic rings. The second-order valence-electron chi connectivity index (χ2n) is 7.65. The van der Waals surface area contributed by atoms with E-state index in [1.165, 1.54) is 16.7 Å². The molecule has 0 amide bonds. The summed E-state index contributed by atoms with van der Waals surface area (Å²) >= 11 is 0. The number of ether oxygens (including phenoxy) is 3. The minimum atomic E-state index is 0.0652. The van der Waals surface area contributed by atoms with Crippen molar-refractivity contribution in [2.75, 3.05) is 27.8 Å². The Morgan fingerprint density at radius 1 is 1.07 bits per heavy atom. The number of fused-ring (bicyclic) bond motifs is 2. The van der Waals surface area contributed by atoms with Gasteiger partial charge < -0.3 is 19.3 Å². The predicted molar refractivity (Wildman–Crippen MR) is 105 cm³/mol. The molecule has 1 N–H and O–H groups in total. The van der Waals surface area contributed by atoms with Crippen LogP contribution >= 0.6 is 0 Å². The Hall–Kier alpha value is -2.40. The van der Waals surface area contributed by atoms with Crippen molar-refractivity contribution in [2.45, 2.75) is 38.8 Å². The number of benzene rings is 2. The van der Waals surface area contributed by atoms with Gasteiger partial charge in [-0.1, -0.05) is 0 Å². The molecule has 0 bridgehead atoms. The summed E-state index contributed by atoms with van der Waals surface area (Å²) in [5, 5.41) is 10.6.